The average Bonchev–Trinajstić information content (AvgIpc) is 3.13. The Morgan fingerprint density at radius 2 is 1.67 bits per heavy atom. The van der Waals surface area contributed by atoms with E-state index in [0.29, 0.717) is 21.7 Å². The van der Waals surface area contributed by atoms with Crippen molar-refractivity contribution >= 4 is 91.4 Å². The standard InChI is InChI=1S/C25H19ClI2N2O2S/c1-2-15-5-9-19(10-6-15)29-25-30-24(31)22(33-25)13-17-11-20(27)23(21(28)12-17)32-14-16-3-7-18(26)8-4-16/h3-13H,2,14H2,1H3,(H,29,30,31)/b22-13-. The first-order valence-electron chi connectivity index (χ1n) is 10.2. The second-order valence-electron chi connectivity index (χ2n) is 7.23. The van der Waals surface area contributed by atoms with E-state index in [9.17, 15) is 4.79 Å². The lowest BCUT2D eigenvalue weighted by molar-refractivity contribution is -0.115. The van der Waals surface area contributed by atoms with E-state index in [1.165, 1.54) is 17.3 Å². The molecule has 1 aliphatic heterocycles. The van der Waals surface area contributed by atoms with Gasteiger partial charge in [0.25, 0.3) is 5.91 Å². The van der Waals surface area contributed by atoms with Gasteiger partial charge < -0.3 is 10.1 Å². The molecule has 1 heterocycles. The smallest absolute Gasteiger partial charge is 0.264 e. The lowest BCUT2D eigenvalue weighted by atomic mass is 10.2. The highest BCUT2D eigenvalue weighted by atomic mass is 127. The summed E-state index contributed by atoms with van der Waals surface area (Å²) < 4.78 is 8.02. The van der Waals surface area contributed by atoms with E-state index in [1.807, 2.05) is 54.6 Å². The van der Waals surface area contributed by atoms with Crippen molar-refractivity contribution in [2.45, 2.75) is 20.0 Å². The molecule has 0 unspecified atom stereocenters. The first-order valence-corrected chi connectivity index (χ1v) is 13.5. The van der Waals surface area contributed by atoms with Crippen LogP contribution >= 0.6 is 68.5 Å². The second-order valence-corrected chi connectivity index (χ2v) is 11.0. The van der Waals surface area contributed by atoms with Crippen molar-refractivity contribution in [1.82, 2.24) is 5.32 Å². The normalized spacial score (nSPS) is 15.8. The van der Waals surface area contributed by atoms with Crippen molar-refractivity contribution < 1.29 is 9.53 Å². The van der Waals surface area contributed by atoms with Crippen molar-refractivity contribution in [2.75, 3.05) is 0 Å². The van der Waals surface area contributed by atoms with E-state index >= 15 is 0 Å². The summed E-state index contributed by atoms with van der Waals surface area (Å²) in [4.78, 5) is 17.7. The lowest BCUT2D eigenvalue weighted by Crippen LogP contribution is -2.19. The van der Waals surface area contributed by atoms with Gasteiger partial charge in [-0.2, -0.15) is 0 Å². The van der Waals surface area contributed by atoms with E-state index in [4.69, 9.17) is 16.3 Å². The number of amides is 1. The molecule has 0 bridgehead atoms. The zero-order valence-corrected chi connectivity index (χ0v) is 23.5. The fourth-order valence-electron chi connectivity index (χ4n) is 3.09. The fraction of sp³-hybridized carbons (Fsp3) is 0.120. The number of hydrogen-bond acceptors (Lipinski definition) is 4. The summed E-state index contributed by atoms with van der Waals surface area (Å²) in [5.74, 6) is 0.687. The minimum atomic E-state index is -0.142. The number of nitrogens with one attached hydrogen (secondary N) is 1. The summed E-state index contributed by atoms with van der Waals surface area (Å²) in [5, 5.41) is 4.14. The minimum Gasteiger partial charge on any atom is -0.487 e. The summed E-state index contributed by atoms with van der Waals surface area (Å²) in [6.45, 7) is 2.58. The van der Waals surface area contributed by atoms with Crippen LogP contribution in [0.15, 0.2) is 70.6 Å². The summed E-state index contributed by atoms with van der Waals surface area (Å²) in [6, 6.07) is 19.7. The minimum absolute atomic E-state index is 0.142. The third kappa shape index (κ3) is 6.52. The zero-order chi connectivity index (χ0) is 23.4. The topological polar surface area (TPSA) is 50.7 Å². The van der Waals surface area contributed by atoms with Gasteiger partial charge in [-0.1, -0.05) is 42.8 Å². The van der Waals surface area contributed by atoms with E-state index in [0.717, 1.165) is 36.1 Å². The maximum atomic E-state index is 12.5. The number of hydrogen-bond donors (Lipinski definition) is 1. The molecule has 4 nitrogen and oxygen atoms in total. The van der Waals surface area contributed by atoms with Gasteiger partial charge in [0.05, 0.1) is 17.7 Å². The van der Waals surface area contributed by atoms with E-state index < -0.39 is 0 Å². The maximum absolute atomic E-state index is 12.5. The van der Waals surface area contributed by atoms with Crippen LogP contribution in [0.1, 0.15) is 23.6 Å². The molecule has 33 heavy (non-hydrogen) atoms. The highest BCUT2D eigenvalue weighted by molar-refractivity contribution is 14.1. The number of aryl methyl sites for hydroxylation is 1. The maximum Gasteiger partial charge on any atom is 0.264 e. The third-order valence-electron chi connectivity index (χ3n) is 4.84. The van der Waals surface area contributed by atoms with Gasteiger partial charge in [-0.15, -0.1) is 0 Å². The van der Waals surface area contributed by atoms with E-state index in [-0.39, 0.29) is 5.91 Å². The molecule has 3 aromatic rings. The number of carbonyl (C=O) groups is 1. The van der Waals surface area contributed by atoms with Crippen LogP contribution in [0, 0.1) is 7.14 Å². The van der Waals surface area contributed by atoms with Crippen LogP contribution in [0.2, 0.25) is 5.02 Å². The number of thioether (sulfide) groups is 1. The Morgan fingerprint density at radius 3 is 2.30 bits per heavy atom. The summed E-state index contributed by atoms with van der Waals surface area (Å²) in [6.07, 6.45) is 2.87. The highest BCUT2D eigenvalue weighted by Crippen LogP contribution is 2.33. The van der Waals surface area contributed by atoms with Crippen LogP contribution in [-0.4, -0.2) is 11.1 Å². The molecule has 168 valence electrons. The van der Waals surface area contributed by atoms with Crippen molar-refractivity contribution in [1.29, 1.82) is 0 Å². The Hall–Kier alpha value is -1.56. The Morgan fingerprint density at radius 1 is 1.03 bits per heavy atom. The van der Waals surface area contributed by atoms with Crippen molar-refractivity contribution in [2.24, 2.45) is 4.99 Å². The average molecular weight is 701 g/mol. The number of carbonyl (C=O) groups excluding carboxylic acids is 1. The first-order chi connectivity index (χ1) is 15.9. The molecule has 8 heteroatoms. The number of nitrogens with zero attached hydrogens (tertiary/aromatic N) is 1. The fourth-order valence-corrected chi connectivity index (χ4v) is 6.19. The number of ether oxygens (including phenoxy) is 1. The Balaban J connectivity index is 1.48. The van der Waals surface area contributed by atoms with Crippen LogP contribution in [0.5, 0.6) is 5.75 Å². The number of halogens is 3. The summed E-state index contributed by atoms with van der Waals surface area (Å²) >= 11 is 11.8. The van der Waals surface area contributed by atoms with Crippen LogP contribution in [-0.2, 0) is 17.8 Å². The predicted molar refractivity (Wildman–Crippen MR) is 154 cm³/mol. The van der Waals surface area contributed by atoms with Gasteiger partial charge in [0, 0.05) is 5.02 Å². The van der Waals surface area contributed by atoms with Crippen molar-refractivity contribution in [3.8, 4) is 5.75 Å². The molecule has 1 fully saturated rings. The Bertz CT molecular complexity index is 1220. The second kappa shape index (κ2) is 11.2. The molecule has 0 atom stereocenters. The number of benzene rings is 3. The molecule has 1 aliphatic rings. The van der Waals surface area contributed by atoms with Crippen LogP contribution in [0.3, 0.4) is 0 Å². The Labute approximate surface area is 229 Å². The molecule has 1 amide bonds. The molecule has 0 aromatic heterocycles. The van der Waals surface area contributed by atoms with Gasteiger partial charge in [-0.25, -0.2) is 4.99 Å². The summed E-state index contributed by atoms with van der Waals surface area (Å²) in [7, 11) is 0. The molecule has 4 rings (SSSR count). The largest absolute Gasteiger partial charge is 0.487 e. The highest BCUT2D eigenvalue weighted by Gasteiger charge is 2.24. The van der Waals surface area contributed by atoms with Gasteiger partial charge in [-0.05, 0) is 123 Å². The van der Waals surface area contributed by atoms with E-state index in [1.54, 1.807) is 0 Å². The molecule has 1 N–H and O–H groups in total. The Kier molecular flexibility index (Phi) is 8.37. The molecule has 0 aliphatic carbocycles. The van der Waals surface area contributed by atoms with E-state index in [2.05, 4.69) is 74.5 Å². The van der Waals surface area contributed by atoms with Gasteiger partial charge in [0.2, 0.25) is 0 Å². The predicted octanol–water partition coefficient (Wildman–Crippen LogP) is 7.58. The van der Waals surface area contributed by atoms with Gasteiger partial charge in [-0.3, -0.25) is 4.79 Å². The van der Waals surface area contributed by atoms with Gasteiger partial charge in [0.15, 0.2) is 5.17 Å². The molecular weight excluding hydrogens is 682 g/mol. The summed E-state index contributed by atoms with van der Waals surface area (Å²) in [5.41, 5.74) is 4.07. The number of aliphatic imine (C=N–C) groups is 1. The number of rotatable bonds is 6. The monoisotopic (exact) mass is 700 g/mol. The van der Waals surface area contributed by atoms with Crippen LogP contribution < -0.4 is 10.1 Å². The third-order valence-corrected chi connectivity index (χ3v) is 7.61. The van der Waals surface area contributed by atoms with Crippen molar-refractivity contribution in [3.05, 3.63) is 94.4 Å². The zero-order valence-electron chi connectivity index (χ0n) is 17.6. The number of amidine groups is 1. The van der Waals surface area contributed by atoms with Gasteiger partial charge >= 0.3 is 0 Å². The molecule has 0 radical (unpaired) electrons. The molecule has 0 saturated carbocycles. The lowest BCUT2D eigenvalue weighted by Gasteiger charge is -2.12. The van der Waals surface area contributed by atoms with Crippen LogP contribution in [0.25, 0.3) is 6.08 Å². The molecule has 3 aromatic carbocycles. The molecular formula is C25H19ClI2N2O2S. The quantitative estimate of drug-likeness (QED) is 0.213. The van der Waals surface area contributed by atoms with Gasteiger partial charge in [0.1, 0.15) is 12.4 Å². The molecule has 0 spiro atoms. The SMILES string of the molecule is CCc1ccc(N=C2NC(=O)/C(=C/c3cc(I)c(OCc4ccc(Cl)cc4)c(I)c3)S2)cc1. The van der Waals surface area contributed by atoms with Crippen LogP contribution in [0.4, 0.5) is 5.69 Å². The van der Waals surface area contributed by atoms with Crippen molar-refractivity contribution in [3.63, 3.8) is 0 Å². The first kappa shape index (κ1) is 24.6. The molecule has 1 saturated heterocycles.